The SMILES string of the molecule is O=C1N=CN=C2C1N=CN2[C@H]1C[C@H](O)[C@@H](COP(=O)(O)OP(=O)(O)OP(=O)(O)O)O1. The highest BCUT2D eigenvalue weighted by Crippen LogP contribution is 2.66. The number of amidine groups is 1. The summed E-state index contributed by atoms with van der Waals surface area (Å²) in [6.07, 6.45) is -1.08. The summed E-state index contributed by atoms with van der Waals surface area (Å²) < 4.78 is 50.7. The molecule has 3 heterocycles. The normalized spacial score (nSPS) is 32.6. The van der Waals surface area contributed by atoms with E-state index in [1.165, 1.54) is 11.2 Å². The van der Waals surface area contributed by atoms with Crippen molar-refractivity contribution in [2.75, 3.05) is 6.61 Å². The fraction of sp³-hybridized carbons (Fsp3) is 0.600. The molecule has 0 radical (unpaired) electrons. The number of hydrogen-bond donors (Lipinski definition) is 5. The Kier molecular flexibility index (Phi) is 6.56. The van der Waals surface area contributed by atoms with Crippen molar-refractivity contribution in [2.24, 2.45) is 15.0 Å². The maximum Gasteiger partial charge on any atom is 0.490 e. The number of aliphatic hydroxyl groups excluding tert-OH is 1. The first-order valence-corrected chi connectivity index (χ1v) is 12.4. The maximum absolute atomic E-state index is 11.7. The highest BCUT2D eigenvalue weighted by molar-refractivity contribution is 7.66. The van der Waals surface area contributed by atoms with Crippen molar-refractivity contribution >= 4 is 47.9 Å². The van der Waals surface area contributed by atoms with Crippen molar-refractivity contribution in [3.63, 3.8) is 0 Å². The van der Waals surface area contributed by atoms with E-state index in [9.17, 15) is 28.5 Å². The number of phosphoric acid groups is 3. The van der Waals surface area contributed by atoms with Gasteiger partial charge in [0, 0.05) is 6.42 Å². The third-order valence-corrected chi connectivity index (χ3v) is 7.59. The van der Waals surface area contributed by atoms with Gasteiger partial charge in [0.25, 0.3) is 5.91 Å². The lowest BCUT2D eigenvalue weighted by Gasteiger charge is -2.25. The van der Waals surface area contributed by atoms with Gasteiger partial charge in [-0.3, -0.25) is 19.2 Å². The predicted octanol–water partition coefficient (Wildman–Crippen LogP) is -1.51. The second kappa shape index (κ2) is 8.39. The van der Waals surface area contributed by atoms with Crippen LogP contribution in [0.4, 0.5) is 0 Å². The molecule has 3 unspecified atom stereocenters. The minimum absolute atomic E-state index is 0.0481. The van der Waals surface area contributed by atoms with Crippen LogP contribution in [-0.2, 0) is 36.4 Å². The number of carbonyl (C=O) groups is 1. The minimum atomic E-state index is -5.65. The maximum atomic E-state index is 11.7. The Morgan fingerprint density at radius 2 is 1.87 bits per heavy atom. The van der Waals surface area contributed by atoms with Gasteiger partial charge < -0.3 is 29.4 Å². The topological polar surface area (TPSA) is 247 Å². The number of carbonyl (C=O) groups excluding carboxylic acids is 1. The van der Waals surface area contributed by atoms with Crippen molar-refractivity contribution < 1.29 is 61.1 Å². The number of amides is 1. The zero-order valence-electron chi connectivity index (χ0n) is 14.5. The van der Waals surface area contributed by atoms with Crippen molar-refractivity contribution in [1.82, 2.24) is 4.90 Å². The Morgan fingerprint density at radius 1 is 1.17 bits per heavy atom. The first kappa shape index (κ1) is 23.5. The molecule has 0 aromatic rings. The first-order chi connectivity index (χ1) is 13.8. The molecule has 5 N–H and O–H groups in total. The molecule has 168 valence electrons. The summed E-state index contributed by atoms with van der Waals surface area (Å²) >= 11 is 0. The number of fused-ring (bicyclic) bond motifs is 1. The lowest BCUT2D eigenvalue weighted by atomic mass is 10.2. The second-order valence-corrected chi connectivity index (χ2v) is 10.4. The van der Waals surface area contributed by atoms with Gasteiger partial charge in [-0.05, 0) is 0 Å². The fourth-order valence-electron chi connectivity index (χ4n) is 2.66. The number of phosphoric ester groups is 1. The highest BCUT2D eigenvalue weighted by atomic mass is 31.3. The number of aliphatic hydroxyl groups is 1. The van der Waals surface area contributed by atoms with Gasteiger partial charge in [0.05, 0.1) is 19.0 Å². The Balaban J connectivity index is 1.57. The van der Waals surface area contributed by atoms with E-state index in [0.29, 0.717) is 0 Å². The summed E-state index contributed by atoms with van der Waals surface area (Å²) in [6, 6.07) is -0.940. The summed E-state index contributed by atoms with van der Waals surface area (Å²) in [7, 11) is -16.5. The van der Waals surface area contributed by atoms with E-state index in [0.717, 1.165) is 6.34 Å². The van der Waals surface area contributed by atoms with Gasteiger partial charge in [-0.2, -0.15) is 13.6 Å². The average molecular weight is 492 g/mol. The molecule has 17 nitrogen and oxygen atoms in total. The molecular weight excluding hydrogens is 477 g/mol. The zero-order valence-corrected chi connectivity index (χ0v) is 17.2. The molecule has 1 saturated heterocycles. The summed E-state index contributed by atoms with van der Waals surface area (Å²) in [5, 5.41) is 10.1. The minimum Gasteiger partial charge on any atom is -0.390 e. The molecule has 3 rings (SSSR count). The summed E-state index contributed by atoms with van der Waals surface area (Å²) in [5.74, 6) is -0.331. The molecule has 0 spiro atoms. The average Bonchev–Trinajstić information content (AvgIpc) is 3.14. The molecule has 0 aromatic heterocycles. The molecule has 3 aliphatic rings. The van der Waals surface area contributed by atoms with Gasteiger partial charge in [0.15, 0.2) is 6.04 Å². The quantitative estimate of drug-likeness (QED) is 0.242. The molecule has 3 aliphatic heterocycles. The number of hydrogen-bond acceptors (Lipinski definition) is 12. The zero-order chi connectivity index (χ0) is 22.3. The molecule has 1 amide bonds. The van der Waals surface area contributed by atoms with Crippen LogP contribution in [0.25, 0.3) is 0 Å². The third kappa shape index (κ3) is 5.73. The monoisotopic (exact) mass is 492 g/mol. The fourth-order valence-corrected chi connectivity index (χ4v) is 5.69. The molecular formula is C10H15N4O13P3. The van der Waals surface area contributed by atoms with E-state index < -0.39 is 60.5 Å². The van der Waals surface area contributed by atoms with E-state index in [-0.39, 0.29) is 12.3 Å². The second-order valence-electron chi connectivity index (χ2n) is 5.96. The molecule has 0 bridgehead atoms. The van der Waals surface area contributed by atoms with E-state index in [1.54, 1.807) is 0 Å². The Bertz CT molecular complexity index is 945. The Morgan fingerprint density at radius 3 is 2.53 bits per heavy atom. The molecule has 0 aliphatic carbocycles. The van der Waals surface area contributed by atoms with E-state index in [1.807, 2.05) is 0 Å². The van der Waals surface area contributed by atoms with Crippen molar-refractivity contribution in [1.29, 1.82) is 0 Å². The number of aliphatic imine (C=N–C) groups is 3. The van der Waals surface area contributed by atoms with Crippen LogP contribution in [0.2, 0.25) is 0 Å². The number of rotatable bonds is 8. The van der Waals surface area contributed by atoms with Gasteiger partial charge in [-0.15, -0.1) is 0 Å². The van der Waals surface area contributed by atoms with E-state index in [4.69, 9.17) is 19.4 Å². The smallest absolute Gasteiger partial charge is 0.390 e. The van der Waals surface area contributed by atoms with Gasteiger partial charge in [-0.25, -0.2) is 18.7 Å². The first-order valence-electron chi connectivity index (χ1n) is 7.84. The largest absolute Gasteiger partial charge is 0.490 e. The standard InChI is InChI=1S/C10H15N4O13P3/c15-5-1-7(14-4-13-8-9(14)11-3-12-10(8)16)25-6(5)2-24-29(20,21)27-30(22,23)26-28(17,18)19/h3-8,15H,1-2H2,(H,20,21)(H,22,23)(H2,17,18,19)/t5-,6+,7+,8?/m0/s1. The van der Waals surface area contributed by atoms with E-state index >= 15 is 0 Å². The molecule has 1 fully saturated rings. The van der Waals surface area contributed by atoms with E-state index in [2.05, 4.69) is 28.1 Å². The molecule has 0 aromatic carbocycles. The Hall–Kier alpha value is -1.19. The summed E-state index contributed by atoms with van der Waals surface area (Å²) in [4.78, 5) is 59.9. The van der Waals surface area contributed by atoms with Gasteiger partial charge in [0.1, 0.15) is 24.5 Å². The van der Waals surface area contributed by atoms with Crippen LogP contribution in [0, 0.1) is 0 Å². The number of nitrogens with zero attached hydrogens (tertiary/aromatic N) is 4. The summed E-state index contributed by atoms with van der Waals surface area (Å²) in [5.41, 5.74) is 0. The van der Waals surface area contributed by atoms with Crippen LogP contribution in [-0.4, -0.2) is 85.1 Å². The van der Waals surface area contributed by atoms with Crippen molar-refractivity contribution in [3.05, 3.63) is 0 Å². The molecule has 6 atom stereocenters. The van der Waals surface area contributed by atoms with Crippen LogP contribution in [0.3, 0.4) is 0 Å². The van der Waals surface area contributed by atoms with Crippen LogP contribution < -0.4 is 0 Å². The van der Waals surface area contributed by atoms with Crippen LogP contribution in [0.15, 0.2) is 15.0 Å². The van der Waals surface area contributed by atoms with Gasteiger partial charge in [0.2, 0.25) is 0 Å². The van der Waals surface area contributed by atoms with Crippen LogP contribution in [0.1, 0.15) is 6.42 Å². The van der Waals surface area contributed by atoms with Crippen molar-refractivity contribution in [3.8, 4) is 0 Å². The lowest BCUT2D eigenvalue weighted by molar-refractivity contribution is -0.117. The van der Waals surface area contributed by atoms with Gasteiger partial charge in [-0.1, -0.05) is 0 Å². The predicted molar refractivity (Wildman–Crippen MR) is 94.2 cm³/mol. The Labute approximate surface area is 167 Å². The summed E-state index contributed by atoms with van der Waals surface area (Å²) in [6.45, 7) is -0.817. The van der Waals surface area contributed by atoms with Crippen molar-refractivity contribution in [2.45, 2.75) is 30.9 Å². The highest BCUT2D eigenvalue weighted by Gasteiger charge is 2.45. The van der Waals surface area contributed by atoms with Crippen LogP contribution >= 0.6 is 23.5 Å². The van der Waals surface area contributed by atoms with Gasteiger partial charge >= 0.3 is 23.5 Å². The van der Waals surface area contributed by atoms with Crippen LogP contribution in [0.5, 0.6) is 0 Å². The third-order valence-electron chi connectivity index (χ3n) is 3.79. The number of ether oxygens (including phenoxy) is 1. The molecule has 30 heavy (non-hydrogen) atoms. The lowest BCUT2D eigenvalue weighted by Crippen LogP contribution is -2.43. The molecule has 20 heteroatoms. The molecule has 0 saturated carbocycles.